The molecule has 0 radical (unpaired) electrons. The Labute approximate surface area is 116 Å². The minimum atomic E-state index is -4.34. The second-order valence-electron chi connectivity index (χ2n) is 3.98. The summed E-state index contributed by atoms with van der Waals surface area (Å²) < 4.78 is 38.0. The van der Waals surface area contributed by atoms with Crippen LogP contribution in [0.15, 0.2) is 47.2 Å². The van der Waals surface area contributed by atoms with Crippen molar-refractivity contribution in [2.45, 2.75) is 12.2 Å². The van der Waals surface area contributed by atoms with Crippen molar-refractivity contribution in [1.29, 1.82) is 0 Å². The second-order valence-corrected chi connectivity index (χ2v) is 4.73. The van der Waals surface area contributed by atoms with E-state index in [1.165, 1.54) is 12.1 Å². The molecule has 2 N–H and O–H groups in total. The van der Waals surface area contributed by atoms with E-state index in [-0.39, 0.29) is 0 Å². The van der Waals surface area contributed by atoms with Crippen LogP contribution in [-0.2, 0) is 6.18 Å². The Morgan fingerprint density at radius 3 is 2.26 bits per heavy atom. The fourth-order valence-corrected chi connectivity index (χ4v) is 2.19. The number of aromatic nitrogens is 1. The summed E-state index contributed by atoms with van der Waals surface area (Å²) in [5, 5.41) is 0. The third kappa shape index (κ3) is 3.13. The maximum Gasteiger partial charge on any atom is 0.416 e. The fourth-order valence-electron chi connectivity index (χ4n) is 1.69. The monoisotopic (exact) mass is 330 g/mol. The first-order valence-electron chi connectivity index (χ1n) is 5.43. The molecule has 1 atom stereocenters. The summed E-state index contributed by atoms with van der Waals surface area (Å²) in [6.45, 7) is 0. The summed E-state index contributed by atoms with van der Waals surface area (Å²) in [4.78, 5) is 4.04. The maximum absolute atomic E-state index is 12.5. The molecule has 0 saturated carbocycles. The van der Waals surface area contributed by atoms with Gasteiger partial charge in [-0.15, -0.1) is 0 Å². The number of benzene rings is 1. The molecule has 0 fully saturated rings. The van der Waals surface area contributed by atoms with E-state index in [2.05, 4.69) is 20.9 Å². The molecule has 2 aromatic rings. The lowest BCUT2D eigenvalue weighted by Gasteiger charge is -2.14. The molecule has 0 aliphatic carbocycles. The number of pyridine rings is 1. The van der Waals surface area contributed by atoms with Crippen LogP contribution in [0.4, 0.5) is 13.2 Å². The van der Waals surface area contributed by atoms with Gasteiger partial charge in [0.05, 0.1) is 11.6 Å². The highest BCUT2D eigenvalue weighted by Crippen LogP contribution is 2.31. The van der Waals surface area contributed by atoms with Crippen LogP contribution in [-0.4, -0.2) is 4.98 Å². The van der Waals surface area contributed by atoms with Crippen molar-refractivity contribution < 1.29 is 13.2 Å². The van der Waals surface area contributed by atoms with Gasteiger partial charge < -0.3 is 5.73 Å². The van der Waals surface area contributed by atoms with Crippen LogP contribution >= 0.6 is 15.9 Å². The van der Waals surface area contributed by atoms with Crippen molar-refractivity contribution in [3.8, 4) is 0 Å². The zero-order chi connectivity index (χ0) is 14.0. The molecular weight excluding hydrogens is 321 g/mol. The van der Waals surface area contributed by atoms with Gasteiger partial charge in [0.15, 0.2) is 0 Å². The number of alkyl halides is 3. The molecule has 2 rings (SSSR count). The Kier molecular flexibility index (Phi) is 3.91. The molecule has 0 aliphatic rings. The van der Waals surface area contributed by atoms with Gasteiger partial charge in [0.1, 0.15) is 4.60 Å². The predicted molar refractivity (Wildman–Crippen MR) is 69.4 cm³/mol. The van der Waals surface area contributed by atoms with Crippen molar-refractivity contribution in [3.63, 3.8) is 0 Å². The Morgan fingerprint density at radius 1 is 1.11 bits per heavy atom. The zero-order valence-electron chi connectivity index (χ0n) is 9.66. The topological polar surface area (TPSA) is 38.9 Å². The summed E-state index contributed by atoms with van der Waals surface area (Å²) >= 11 is 3.27. The van der Waals surface area contributed by atoms with Crippen LogP contribution in [0.25, 0.3) is 0 Å². The molecule has 0 spiro atoms. The van der Waals surface area contributed by atoms with Gasteiger partial charge in [0, 0.05) is 11.8 Å². The highest BCUT2D eigenvalue weighted by molar-refractivity contribution is 9.10. The lowest BCUT2D eigenvalue weighted by molar-refractivity contribution is -0.137. The Hall–Kier alpha value is -1.40. The predicted octanol–water partition coefficient (Wildman–Crippen LogP) is 3.91. The van der Waals surface area contributed by atoms with E-state index in [1.807, 2.05) is 0 Å². The van der Waals surface area contributed by atoms with Gasteiger partial charge in [-0.05, 0) is 39.7 Å². The van der Waals surface area contributed by atoms with E-state index in [0.29, 0.717) is 10.2 Å². The molecule has 2 nitrogen and oxygen atoms in total. The maximum atomic E-state index is 12.5. The lowest BCUT2D eigenvalue weighted by atomic mass is 10.00. The average Bonchev–Trinajstić information content (AvgIpc) is 2.38. The van der Waals surface area contributed by atoms with Crippen molar-refractivity contribution in [3.05, 3.63) is 63.9 Å². The molecule has 0 saturated heterocycles. The van der Waals surface area contributed by atoms with E-state index < -0.39 is 17.8 Å². The Bertz CT molecular complexity index is 567. The van der Waals surface area contributed by atoms with Crippen LogP contribution in [0.5, 0.6) is 0 Å². The molecular formula is C13H10BrF3N2. The zero-order valence-corrected chi connectivity index (χ0v) is 11.2. The van der Waals surface area contributed by atoms with Crippen LogP contribution in [0.3, 0.4) is 0 Å². The van der Waals surface area contributed by atoms with Gasteiger partial charge in [0.25, 0.3) is 0 Å². The SMILES string of the molecule is NC(c1ccc(C(F)(F)F)cc1)c1cccnc1Br. The fraction of sp³-hybridized carbons (Fsp3) is 0.154. The highest BCUT2D eigenvalue weighted by Gasteiger charge is 2.30. The van der Waals surface area contributed by atoms with E-state index in [9.17, 15) is 13.2 Å². The van der Waals surface area contributed by atoms with E-state index in [1.54, 1.807) is 18.3 Å². The third-order valence-electron chi connectivity index (χ3n) is 2.72. The highest BCUT2D eigenvalue weighted by atomic mass is 79.9. The largest absolute Gasteiger partial charge is 0.416 e. The summed E-state index contributed by atoms with van der Waals surface area (Å²) in [7, 11) is 0. The van der Waals surface area contributed by atoms with Gasteiger partial charge in [-0.2, -0.15) is 13.2 Å². The number of halogens is 4. The first-order chi connectivity index (χ1) is 8.89. The average molecular weight is 331 g/mol. The van der Waals surface area contributed by atoms with Gasteiger partial charge >= 0.3 is 6.18 Å². The molecule has 6 heteroatoms. The lowest BCUT2D eigenvalue weighted by Crippen LogP contribution is -2.13. The second kappa shape index (κ2) is 5.30. The standard InChI is InChI=1S/C13H10BrF3N2/c14-12-10(2-1-7-19-12)11(18)8-3-5-9(6-4-8)13(15,16)17/h1-7,11H,18H2. The van der Waals surface area contributed by atoms with E-state index >= 15 is 0 Å². The number of hydrogen-bond acceptors (Lipinski definition) is 2. The Morgan fingerprint density at radius 2 is 1.74 bits per heavy atom. The number of nitrogens with two attached hydrogens (primary N) is 1. The minimum Gasteiger partial charge on any atom is -0.320 e. The molecule has 1 aromatic heterocycles. The molecule has 0 bridgehead atoms. The van der Waals surface area contributed by atoms with Crippen LogP contribution in [0.1, 0.15) is 22.7 Å². The number of nitrogens with zero attached hydrogens (tertiary/aromatic N) is 1. The van der Waals surface area contributed by atoms with Crippen molar-refractivity contribution in [2.75, 3.05) is 0 Å². The van der Waals surface area contributed by atoms with Crippen LogP contribution in [0.2, 0.25) is 0 Å². The van der Waals surface area contributed by atoms with Crippen molar-refractivity contribution in [2.24, 2.45) is 5.73 Å². The summed E-state index contributed by atoms with van der Waals surface area (Å²) in [6, 6.07) is 7.80. The normalized spacial score (nSPS) is 13.3. The first kappa shape index (κ1) is 14.0. The van der Waals surface area contributed by atoms with E-state index in [4.69, 9.17) is 5.73 Å². The number of hydrogen-bond donors (Lipinski definition) is 1. The third-order valence-corrected chi connectivity index (χ3v) is 3.38. The molecule has 0 amide bonds. The molecule has 1 unspecified atom stereocenters. The summed E-state index contributed by atoms with van der Waals surface area (Å²) in [5.41, 5.74) is 6.66. The van der Waals surface area contributed by atoms with Gasteiger partial charge in [-0.25, -0.2) is 4.98 Å². The summed E-state index contributed by atoms with van der Waals surface area (Å²) in [5.74, 6) is 0. The number of rotatable bonds is 2. The van der Waals surface area contributed by atoms with Crippen LogP contribution in [0, 0.1) is 0 Å². The molecule has 19 heavy (non-hydrogen) atoms. The van der Waals surface area contributed by atoms with Gasteiger partial charge in [-0.1, -0.05) is 18.2 Å². The van der Waals surface area contributed by atoms with Gasteiger partial charge in [-0.3, -0.25) is 0 Å². The molecule has 0 aliphatic heterocycles. The van der Waals surface area contributed by atoms with Crippen molar-refractivity contribution >= 4 is 15.9 Å². The van der Waals surface area contributed by atoms with E-state index in [0.717, 1.165) is 17.7 Å². The molecule has 1 heterocycles. The van der Waals surface area contributed by atoms with Crippen molar-refractivity contribution in [1.82, 2.24) is 4.98 Å². The Balaban J connectivity index is 2.31. The first-order valence-corrected chi connectivity index (χ1v) is 6.22. The quantitative estimate of drug-likeness (QED) is 0.848. The summed E-state index contributed by atoms with van der Waals surface area (Å²) in [6.07, 6.45) is -2.73. The molecule has 1 aromatic carbocycles. The van der Waals surface area contributed by atoms with Crippen LogP contribution < -0.4 is 5.73 Å². The van der Waals surface area contributed by atoms with Gasteiger partial charge in [0.2, 0.25) is 0 Å². The smallest absolute Gasteiger partial charge is 0.320 e. The molecule has 100 valence electrons. The minimum absolute atomic E-state index is 0.523.